The summed E-state index contributed by atoms with van der Waals surface area (Å²) in [4.78, 5) is 28.2. The molecule has 20 heavy (non-hydrogen) atoms. The van der Waals surface area contributed by atoms with Crippen molar-refractivity contribution in [2.45, 2.75) is 32.9 Å². The number of hydrogen-bond acceptors (Lipinski definition) is 4. The maximum atomic E-state index is 12.5. The summed E-state index contributed by atoms with van der Waals surface area (Å²) in [6, 6.07) is -0.454. The Morgan fingerprint density at radius 2 is 2.05 bits per heavy atom. The Morgan fingerprint density at radius 1 is 1.35 bits per heavy atom. The molecule has 2 unspecified atom stereocenters. The van der Waals surface area contributed by atoms with Gasteiger partial charge in [0.2, 0.25) is 11.8 Å². The van der Waals surface area contributed by atoms with Crippen LogP contribution < -0.4 is 5.32 Å². The zero-order valence-corrected chi connectivity index (χ0v) is 12.8. The summed E-state index contributed by atoms with van der Waals surface area (Å²) in [5.41, 5.74) is -0.282. The summed E-state index contributed by atoms with van der Waals surface area (Å²) in [5.74, 6) is -0.0948. The molecule has 2 fully saturated rings. The Hall–Kier alpha value is -1.14. The quantitative estimate of drug-likeness (QED) is 0.755. The van der Waals surface area contributed by atoms with Gasteiger partial charge < -0.3 is 19.9 Å². The molecule has 0 spiro atoms. The molecule has 2 aliphatic heterocycles. The molecule has 2 saturated heterocycles. The van der Waals surface area contributed by atoms with Crippen LogP contribution in [0.15, 0.2) is 0 Å². The molecule has 0 aliphatic carbocycles. The van der Waals surface area contributed by atoms with Crippen LogP contribution in [0.2, 0.25) is 0 Å². The molecule has 6 heteroatoms. The second-order valence-electron chi connectivity index (χ2n) is 6.84. The molecule has 2 rings (SSSR count). The first-order valence-electron chi connectivity index (χ1n) is 7.15. The molecule has 0 saturated carbocycles. The Morgan fingerprint density at radius 3 is 2.65 bits per heavy atom. The van der Waals surface area contributed by atoms with Crippen LogP contribution in [0.3, 0.4) is 0 Å². The van der Waals surface area contributed by atoms with Gasteiger partial charge in [-0.1, -0.05) is 20.8 Å². The maximum absolute atomic E-state index is 12.5. The van der Waals surface area contributed by atoms with Crippen molar-refractivity contribution in [1.82, 2.24) is 15.1 Å². The van der Waals surface area contributed by atoms with E-state index in [0.717, 1.165) is 13.1 Å². The van der Waals surface area contributed by atoms with Crippen molar-refractivity contribution >= 4 is 11.8 Å². The molecule has 114 valence electrons. The zero-order chi connectivity index (χ0) is 14.9. The van der Waals surface area contributed by atoms with Gasteiger partial charge in [-0.3, -0.25) is 9.59 Å². The maximum Gasteiger partial charge on any atom is 0.246 e. The van der Waals surface area contributed by atoms with E-state index in [4.69, 9.17) is 4.74 Å². The first-order chi connectivity index (χ1) is 9.27. The van der Waals surface area contributed by atoms with E-state index in [0.29, 0.717) is 13.2 Å². The van der Waals surface area contributed by atoms with Gasteiger partial charge in [-0.25, -0.2) is 0 Å². The van der Waals surface area contributed by atoms with Gasteiger partial charge in [0.15, 0.2) is 0 Å². The summed E-state index contributed by atoms with van der Waals surface area (Å²) in [7, 11) is 2.04. The first-order valence-corrected chi connectivity index (χ1v) is 7.15. The van der Waals surface area contributed by atoms with Crippen LogP contribution in [-0.4, -0.2) is 73.6 Å². The van der Waals surface area contributed by atoms with E-state index in [1.807, 2.05) is 27.8 Å². The van der Waals surface area contributed by atoms with E-state index in [1.165, 1.54) is 0 Å². The van der Waals surface area contributed by atoms with Gasteiger partial charge >= 0.3 is 0 Å². The van der Waals surface area contributed by atoms with Gasteiger partial charge in [0.1, 0.15) is 6.04 Å². The zero-order valence-electron chi connectivity index (χ0n) is 12.8. The molecule has 0 bridgehead atoms. The number of likely N-dealkylation sites (N-methyl/N-ethyl adjacent to an activating group) is 1. The van der Waals surface area contributed by atoms with Gasteiger partial charge in [-0.2, -0.15) is 0 Å². The van der Waals surface area contributed by atoms with Crippen LogP contribution in [0.4, 0.5) is 0 Å². The molecule has 6 nitrogen and oxygen atoms in total. The first kappa shape index (κ1) is 15.3. The van der Waals surface area contributed by atoms with Crippen molar-refractivity contribution in [3.8, 4) is 0 Å². The van der Waals surface area contributed by atoms with Crippen molar-refractivity contribution in [3.63, 3.8) is 0 Å². The minimum absolute atomic E-state index is 0.00562. The van der Waals surface area contributed by atoms with Crippen LogP contribution in [-0.2, 0) is 14.3 Å². The van der Waals surface area contributed by atoms with E-state index in [2.05, 4.69) is 10.2 Å². The van der Waals surface area contributed by atoms with Gasteiger partial charge in [0, 0.05) is 19.6 Å². The largest absolute Gasteiger partial charge is 0.374 e. The number of rotatable bonds is 2. The van der Waals surface area contributed by atoms with E-state index in [-0.39, 0.29) is 29.9 Å². The monoisotopic (exact) mass is 283 g/mol. The van der Waals surface area contributed by atoms with Crippen molar-refractivity contribution in [2.24, 2.45) is 5.41 Å². The molecule has 1 N–H and O–H groups in total. The number of nitrogens with zero attached hydrogens (tertiary/aromatic N) is 2. The normalized spacial score (nSPS) is 29.5. The standard InChI is InChI=1S/C14H25N3O3/c1-14(2,3)12-13(19)17(9-11(18)15-12)8-10-7-16(4)5-6-20-10/h10,12H,5-9H2,1-4H3,(H,15,18). The lowest BCUT2D eigenvalue weighted by atomic mass is 9.84. The molecule has 2 amide bonds. The average Bonchev–Trinajstić information content (AvgIpc) is 2.32. The van der Waals surface area contributed by atoms with E-state index >= 15 is 0 Å². The minimum Gasteiger partial charge on any atom is -0.374 e. The van der Waals surface area contributed by atoms with Crippen LogP contribution in [0.5, 0.6) is 0 Å². The summed E-state index contributed by atoms with van der Waals surface area (Å²) in [5, 5.41) is 2.80. The Labute approximate surface area is 120 Å². The van der Waals surface area contributed by atoms with Crippen LogP contribution in [0.25, 0.3) is 0 Å². The fourth-order valence-electron chi connectivity index (χ4n) is 2.67. The summed E-state index contributed by atoms with van der Waals surface area (Å²) < 4.78 is 5.69. The Kier molecular flexibility index (Phi) is 4.34. The predicted octanol–water partition coefficient (Wildman–Crippen LogP) is -0.310. The van der Waals surface area contributed by atoms with Gasteiger partial charge in [-0.05, 0) is 12.5 Å². The Bertz CT molecular complexity index is 392. The van der Waals surface area contributed by atoms with Gasteiger partial charge in [-0.15, -0.1) is 0 Å². The predicted molar refractivity (Wildman–Crippen MR) is 75.2 cm³/mol. The Balaban J connectivity index is 2.03. The molecular weight excluding hydrogens is 258 g/mol. The number of hydrogen-bond donors (Lipinski definition) is 1. The van der Waals surface area contributed by atoms with Crippen LogP contribution in [0.1, 0.15) is 20.8 Å². The number of nitrogens with one attached hydrogen (secondary N) is 1. The highest BCUT2D eigenvalue weighted by atomic mass is 16.5. The number of morpholine rings is 1. The van der Waals surface area contributed by atoms with Crippen molar-refractivity contribution in [3.05, 3.63) is 0 Å². The highest BCUT2D eigenvalue weighted by Crippen LogP contribution is 2.23. The number of carbonyl (C=O) groups excluding carboxylic acids is 2. The minimum atomic E-state index is -0.454. The summed E-state index contributed by atoms with van der Waals surface area (Å²) in [6.07, 6.45) is -0.00998. The highest BCUT2D eigenvalue weighted by Gasteiger charge is 2.40. The third-order valence-electron chi connectivity index (χ3n) is 3.83. The molecule has 2 atom stereocenters. The second-order valence-corrected chi connectivity index (χ2v) is 6.84. The smallest absolute Gasteiger partial charge is 0.246 e. The lowest BCUT2D eigenvalue weighted by molar-refractivity contribution is -0.150. The summed E-state index contributed by atoms with van der Waals surface area (Å²) in [6.45, 7) is 8.90. The molecular formula is C14H25N3O3. The van der Waals surface area contributed by atoms with Crippen LogP contribution >= 0.6 is 0 Å². The molecule has 0 aromatic carbocycles. The molecule has 0 aromatic rings. The third kappa shape index (κ3) is 3.49. The van der Waals surface area contributed by atoms with Crippen molar-refractivity contribution < 1.29 is 14.3 Å². The lowest BCUT2D eigenvalue weighted by Gasteiger charge is -2.41. The number of ether oxygens (including phenoxy) is 1. The number of amides is 2. The van der Waals surface area contributed by atoms with Crippen molar-refractivity contribution in [2.75, 3.05) is 39.8 Å². The molecule has 0 radical (unpaired) electrons. The second kappa shape index (κ2) is 5.69. The van der Waals surface area contributed by atoms with E-state index in [9.17, 15) is 9.59 Å². The van der Waals surface area contributed by atoms with Gasteiger partial charge in [0.05, 0.1) is 19.3 Å². The lowest BCUT2D eigenvalue weighted by Crippen LogP contribution is -2.63. The number of carbonyl (C=O) groups is 2. The molecule has 0 aromatic heterocycles. The van der Waals surface area contributed by atoms with Gasteiger partial charge in [0.25, 0.3) is 0 Å². The van der Waals surface area contributed by atoms with E-state index < -0.39 is 6.04 Å². The van der Waals surface area contributed by atoms with Crippen molar-refractivity contribution in [1.29, 1.82) is 0 Å². The molecule has 2 aliphatic rings. The third-order valence-corrected chi connectivity index (χ3v) is 3.83. The van der Waals surface area contributed by atoms with Crippen LogP contribution in [0, 0.1) is 5.41 Å². The fourth-order valence-corrected chi connectivity index (χ4v) is 2.67. The average molecular weight is 283 g/mol. The van der Waals surface area contributed by atoms with E-state index in [1.54, 1.807) is 4.90 Å². The summed E-state index contributed by atoms with van der Waals surface area (Å²) >= 11 is 0. The topological polar surface area (TPSA) is 61.9 Å². The number of piperazine rings is 1. The highest BCUT2D eigenvalue weighted by molar-refractivity contribution is 5.95. The molecule has 2 heterocycles. The SMILES string of the molecule is CN1CCOC(CN2CC(=O)NC(C(C)(C)C)C2=O)C1. The fraction of sp³-hybridized carbons (Fsp3) is 0.857.